The highest BCUT2D eigenvalue weighted by Crippen LogP contribution is 2.24. The van der Waals surface area contributed by atoms with Crippen LogP contribution in [-0.2, 0) is 10.0 Å². The number of benzene rings is 1. The molecule has 1 N–H and O–H groups in total. The van der Waals surface area contributed by atoms with Crippen LogP contribution in [-0.4, -0.2) is 38.8 Å². The molecule has 1 aromatic carbocycles. The normalized spacial score (nSPS) is 19.8. The minimum absolute atomic E-state index is 0.217. The Kier molecular flexibility index (Phi) is 4.25. The van der Waals surface area contributed by atoms with E-state index < -0.39 is 10.0 Å². The second-order valence-electron chi connectivity index (χ2n) is 4.75. The van der Waals surface area contributed by atoms with Crippen molar-refractivity contribution in [1.82, 2.24) is 9.62 Å². The maximum Gasteiger partial charge on any atom is 0.251 e. The Morgan fingerprint density at radius 2 is 2.05 bits per heavy atom. The van der Waals surface area contributed by atoms with E-state index in [1.54, 1.807) is 6.08 Å². The van der Waals surface area contributed by atoms with Crippen molar-refractivity contribution in [3.8, 4) is 0 Å². The molecule has 1 unspecified atom stereocenters. The van der Waals surface area contributed by atoms with Crippen LogP contribution in [0.2, 0.25) is 0 Å². The second kappa shape index (κ2) is 5.76. The van der Waals surface area contributed by atoms with Crippen molar-refractivity contribution >= 4 is 15.9 Å². The van der Waals surface area contributed by atoms with E-state index in [1.165, 1.54) is 35.6 Å². The first-order chi connectivity index (χ1) is 9.48. The van der Waals surface area contributed by atoms with Crippen molar-refractivity contribution in [2.75, 3.05) is 20.1 Å². The van der Waals surface area contributed by atoms with Gasteiger partial charge in [-0.3, -0.25) is 4.79 Å². The number of nitrogens with zero attached hydrogens (tertiary/aromatic N) is 1. The van der Waals surface area contributed by atoms with E-state index in [4.69, 9.17) is 0 Å². The van der Waals surface area contributed by atoms with Crippen LogP contribution in [0.5, 0.6) is 0 Å². The Labute approximate surface area is 119 Å². The summed E-state index contributed by atoms with van der Waals surface area (Å²) in [5.74, 6) is -0.0169. The summed E-state index contributed by atoms with van der Waals surface area (Å²) in [6.45, 7) is 4.69. The number of hydrogen-bond acceptors (Lipinski definition) is 3. The predicted octanol–water partition coefficient (Wildman–Crippen LogP) is 1.24. The highest BCUT2D eigenvalue weighted by Gasteiger charge is 2.31. The van der Waals surface area contributed by atoms with Crippen LogP contribution in [0, 0.1) is 5.92 Å². The first-order valence-corrected chi connectivity index (χ1v) is 7.88. The molecule has 1 heterocycles. The topological polar surface area (TPSA) is 66.5 Å². The van der Waals surface area contributed by atoms with Crippen LogP contribution in [0.25, 0.3) is 0 Å². The molecule has 0 aromatic heterocycles. The maximum absolute atomic E-state index is 12.4. The third kappa shape index (κ3) is 2.76. The van der Waals surface area contributed by atoms with E-state index in [0.717, 1.165) is 6.42 Å². The van der Waals surface area contributed by atoms with Gasteiger partial charge in [0, 0.05) is 25.7 Å². The molecule has 20 heavy (non-hydrogen) atoms. The molecular weight excluding hydrogens is 276 g/mol. The number of carbonyl (C=O) groups is 1. The number of carbonyl (C=O) groups excluding carboxylic acids is 1. The van der Waals surface area contributed by atoms with Crippen molar-refractivity contribution in [3.63, 3.8) is 0 Å². The highest BCUT2D eigenvalue weighted by molar-refractivity contribution is 7.89. The Balaban J connectivity index is 2.22. The summed E-state index contributed by atoms with van der Waals surface area (Å²) >= 11 is 0. The maximum atomic E-state index is 12.4. The molecule has 5 nitrogen and oxygen atoms in total. The average Bonchev–Trinajstić information content (AvgIpc) is 2.96. The van der Waals surface area contributed by atoms with Gasteiger partial charge < -0.3 is 5.32 Å². The predicted molar refractivity (Wildman–Crippen MR) is 76.9 cm³/mol. The molecule has 0 spiro atoms. The molecule has 0 aliphatic carbocycles. The number of sulfonamides is 1. The van der Waals surface area contributed by atoms with Crippen LogP contribution in [0.15, 0.2) is 41.8 Å². The highest BCUT2D eigenvalue weighted by atomic mass is 32.2. The lowest BCUT2D eigenvalue weighted by Gasteiger charge is -2.16. The molecule has 6 heteroatoms. The SMILES string of the molecule is C=CC1CCN(S(=O)(=O)c2ccc(C(=O)NC)cc2)C1. The third-order valence-corrected chi connectivity index (χ3v) is 5.38. The lowest BCUT2D eigenvalue weighted by molar-refractivity contribution is 0.0963. The summed E-state index contributed by atoms with van der Waals surface area (Å²) in [7, 11) is -1.94. The summed E-state index contributed by atoms with van der Waals surface area (Å²) in [6.07, 6.45) is 2.60. The zero-order valence-electron chi connectivity index (χ0n) is 11.4. The van der Waals surface area contributed by atoms with Gasteiger partial charge in [0.15, 0.2) is 0 Å². The molecule has 1 aliphatic rings. The summed E-state index contributed by atoms with van der Waals surface area (Å²) in [6, 6.07) is 5.99. The van der Waals surface area contributed by atoms with Crippen LogP contribution in [0.1, 0.15) is 16.8 Å². The molecule has 1 aromatic rings. The van der Waals surface area contributed by atoms with Gasteiger partial charge in [0.2, 0.25) is 10.0 Å². The molecule has 0 bridgehead atoms. The van der Waals surface area contributed by atoms with Crippen LogP contribution in [0.3, 0.4) is 0 Å². The van der Waals surface area contributed by atoms with Gasteiger partial charge >= 0.3 is 0 Å². The first kappa shape index (κ1) is 14.7. The Morgan fingerprint density at radius 1 is 1.40 bits per heavy atom. The summed E-state index contributed by atoms with van der Waals surface area (Å²) in [5, 5.41) is 2.50. The summed E-state index contributed by atoms with van der Waals surface area (Å²) < 4.78 is 26.3. The van der Waals surface area contributed by atoms with Gasteiger partial charge in [0.1, 0.15) is 0 Å². The van der Waals surface area contributed by atoms with Gasteiger partial charge in [-0.2, -0.15) is 4.31 Å². The smallest absolute Gasteiger partial charge is 0.251 e. The molecule has 1 aliphatic heterocycles. The number of rotatable bonds is 4. The van der Waals surface area contributed by atoms with Crippen LogP contribution >= 0.6 is 0 Å². The molecule has 1 fully saturated rings. The van der Waals surface area contributed by atoms with Crippen LogP contribution < -0.4 is 5.32 Å². The molecule has 108 valence electrons. The van der Waals surface area contributed by atoms with E-state index in [1.807, 2.05) is 0 Å². The van der Waals surface area contributed by atoms with Crippen molar-refractivity contribution in [1.29, 1.82) is 0 Å². The zero-order chi connectivity index (χ0) is 14.8. The molecular formula is C14H18N2O3S. The van der Waals surface area contributed by atoms with Crippen LogP contribution in [0.4, 0.5) is 0 Å². The molecule has 0 saturated carbocycles. The number of amides is 1. The minimum atomic E-state index is -3.48. The molecule has 1 saturated heterocycles. The number of hydrogen-bond donors (Lipinski definition) is 1. The quantitative estimate of drug-likeness (QED) is 0.850. The third-order valence-electron chi connectivity index (χ3n) is 3.50. The first-order valence-electron chi connectivity index (χ1n) is 6.44. The van der Waals surface area contributed by atoms with Crippen molar-refractivity contribution in [2.45, 2.75) is 11.3 Å². The van der Waals surface area contributed by atoms with Crippen molar-refractivity contribution in [3.05, 3.63) is 42.5 Å². The van der Waals surface area contributed by atoms with Gasteiger partial charge in [-0.25, -0.2) is 8.42 Å². The minimum Gasteiger partial charge on any atom is -0.355 e. The Bertz CT molecular complexity index is 608. The van der Waals surface area contributed by atoms with Gasteiger partial charge in [-0.1, -0.05) is 6.08 Å². The van der Waals surface area contributed by atoms with E-state index >= 15 is 0 Å². The second-order valence-corrected chi connectivity index (χ2v) is 6.69. The standard InChI is InChI=1S/C14H18N2O3S/c1-3-11-8-9-16(10-11)20(18,19)13-6-4-12(5-7-13)14(17)15-2/h3-7,11H,1,8-10H2,2H3,(H,15,17). The fraction of sp³-hybridized carbons (Fsp3) is 0.357. The molecule has 2 rings (SSSR count). The van der Waals surface area contributed by atoms with E-state index in [9.17, 15) is 13.2 Å². The van der Waals surface area contributed by atoms with E-state index in [2.05, 4.69) is 11.9 Å². The fourth-order valence-corrected chi connectivity index (χ4v) is 3.75. The van der Waals surface area contributed by atoms with Gasteiger partial charge in [-0.15, -0.1) is 6.58 Å². The largest absolute Gasteiger partial charge is 0.355 e. The Hall–Kier alpha value is -1.66. The lowest BCUT2D eigenvalue weighted by atomic mass is 10.1. The summed E-state index contributed by atoms with van der Waals surface area (Å²) in [5.41, 5.74) is 0.442. The lowest BCUT2D eigenvalue weighted by Crippen LogP contribution is -2.28. The zero-order valence-corrected chi connectivity index (χ0v) is 12.2. The fourth-order valence-electron chi connectivity index (χ4n) is 2.24. The van der Waals surface area contributed by atoms with Gasteiger partial charge in [-0.05, 0) is 36.6 Å². The molecule has 1 atom stereocenters. The van der Waals surface area contributed by atoms with E-state index in [-0.39, 0.29) is 16.7 Å². The monoisotopic (exact) mass is 294 g/mol. The van der Waals surface area contributed by atoms with Gasteiger partial charge in [0.05, 0.1) is 4.90 Å². The molecule has 0 radical (unpaired) electrons. The average molecular weight is 294 g/mol. The van der Waals surface area contributed by atoms with Crippen molar-refractivity contribution < 1.29 is 13.2 Å². The van der Waals surface area contributed by atoms with E-state index in [0.29, 0.717) is 18.7 Å². The molecule has 1 amide bonds. The van der Waals surface area contributed by atoms with Crippen molar-refractivity contribution in [2.24, 2.45) is 5.92 Å². The van der Waals surface area contributed by atoms with Gasteiger partial charge in [0.25, 0.3) is 5.91 Å². The number of nitrogens with one attached hydrogen (secondary N) is 1. The Morgan fingerprint density at radius 3 is 2.55 bits per heavy atom. The summed E-state index contributed by atoms with van der Waals surface area (Å²) in [4.78, 5) is 11.6.